The first-order valence-corrected chi connectivity index (χ1v) is 7.96. The van der Waals surface area contributed by atoms with E-state index in [0.717, 1.165) is 25.7 Å². The van der Waals surface area contributed by atoms with E-state index < -0.39 is 0 Å². The van der Waals surface area contributed by atoms with Crippen molar-refractivity contribution in [1.82, 2.24) is 0 Å². The zero-order chi connectivity index (χ0) is 14.7. The van der Waals surface area contributed by atoms with Gasteiger partial charge < -0.3 is 10.4 Å². The summed E-state index contributed by atoms with van der Waals surface area (Å²) in [4.78, 5) is 12.2. The van der Waals surface area contributed by atoms with Crippen LogP contribution in [0.15, 0.2) is 40.9 Å². The Balaban J connectivity index is 2.25. The van der Waals surface area contributed by atoms with Crippen LogP contribution in [0.2, 0.25) is 0 Å². The number of hydrogen-bond donors (Lipinski definition) is 2. The van der Waals surface area contributed by atoms with Crippen LogP contribution in [0.25, 0.3) is 0 Å². The van der Waals surface area contributed by atoms with Crippen LogP contribution in [-0.4, -0.2) is 11.0 Å². The number of rotatable bonds is 3. The first-order chi connectivity index (χ1) is 9.51. The molecule has 104 valence electrons. The van der Waals surface area contributed by atoms with Crippen molar-refractivity contribution in [2.24, 2.45) is 0 Å². The highest BCUT2D eigenvalue weighted by Gasteiger charge is 2.10. The van der Waals surface area contributed by atoms with Gasteiger partial charge in [-0.15, -0.1) is 0 Å². The Kier molecular flexibility index (Phi) is 5.04. The minimum atomic E-state index is -0.228. The zero-order valence-electron chi connectivity index (χ0n) is 10.8. The van der Waals surface area contributed by atoms with Crippen LogP contribution in [0.3, 0.4) is 0 Å². The van der Waals surface area contributed by atoms with E-state index in [-0.39, 0.29) is 11.7 Å². The maximum Gasteiger partial charge on any atom is 0.255 e. The van der Waals surface area contributed by atoms with Crippen LogP contribution in [0, 0.1) is 3.57 Å². The van der Waals surface area contributed by atoms with Crippen LogP contribution in [0.4, 0.5) is 5.69 Å². The normalized spacial score (nSPS) is 10.3. The number of hydrogen-bond acceptors (Lipinski definition) is 2. The van der Waals surface area contributed by atoms with Crippen molar-refractivity contribution in [3.8, 4) is 5.75 Å². The molecule has 2 aromatic rings. The lowest BCUT2D eigenvalue weighted by Crippen LogP contribution is -2.13. The van der Waals surface area contributed by atoms with E-state index in [2.05, 4.69) is 21.2 Å². The second-order valence-corrected chi connectivity index (χ2v) is 6.35. The average Bonchev–Trinajstić information content (AvgIpc) is 2.43. The van der Waals surface area contributed by atoms with Gasteiger partial charge in [0.2, 0.25) is 0 Å². The number of phenolic OH excluding ortho intramolecular Hbond substituents is 1. The van der Waals surface area contributed by atoms with Gasteiger partial charge in [0.15, 0.2) is 0 Å². The van der Waals surface area contributed by atoms with Gasteiger partial charge in [0.1, 0.15) is 5.75 Å². The molecule has 0 aromatic heterocycles. The summed E-state index contributed by atoms with van der Waals surface area (Å²) >= 11 is 5.44. The molecule has 0 unspecified atom stereocenters. The predicted octanol–water partition coefficient (Wildman–Crippen LogP) is 4.57. The van der Waals surface area contributed by atoms with Crippen LogP contribution in [-0.2, 0) is 6.42 Å². The molecule has 0 aliphatic heterocycles. The van der Waals surface area contributed by atoms with Crippen molar-refractivity contribution in [2.75, 3.05) is 5.32 Å². The molecule has 2 rings (SSSR count). The summed E-state index contributed by atoms with van der Waals surface area (Å²) in [6.45, 7) is 2.04. The minimum absolute atomic E-state index is 0.116. The van der Waals surface area contributed by atoms with Crippen LogP contribution < -0.4 is 5.32 Å². The molecule has 3 nitrogen and oxygen atoms in total. The third-order valence-electron chi connectivity index (χ3n) is 2.90. The largest absolute Gasteiger partial charge is 0.507 e. The highest BCUT2D eigenvalue weighted by molar-refractivity contribution is 14.1. The number of benzene rings is 2. The first kappa shape index (κ1) is 15.3. The SMILES string of the molecule is CCc1cc(Br)ccc1NC(=O)c1ccc(I)c(O)c1. The second-order valence-electron chi connectivity index (χ2n) is 4.28. The van der Waals surface area contributed by atoms with Crippen LogP contribution in [0.1, 0.15) is 22.8 Å². The Morgan fingerprint density at radius 3 is 2.70 bits per heavy atom. The van der Waals surface area contributed by atoms with E-state index in [1.165, 1.54) is 6.07 Å². The molecule has 0 saturated heterocycles. The molecule has 0 spiro atoms. The Morgan fingerprint density at radius 2 is 2.05 bits per heavy atom. The lowest BCUT2D eigenvalue weighted by Gasteiger charge is -2.11. The van der Waals surface area contributed by atoms with E-state index in [1.807, 2.05) is 47.7 Å². The summed E-state index contributed by atoms with van der Waals surface area (Å²) in [5, 5.41) is 12.5. The Hall–Kier alpha value is -1.08. The number of phenols is 1. The fourth-order valence-corrected chi connectivity index (χ4v) is 2.57. The molecule has 0 aliphatic carbocycles. The van der Waals surface area contributed by atoms with Crippen molar-refractivity contribution in [2.45, 2.75) is 13.3 Å². The van der Waals surface area contributed by atoms with Gasteiger partial charge in [-0.3, -0.25) is 4.79 Å². The predicted molar refractivity (Wildman–Crippen MR) is 92.3 cm³/mol. The summed E-state index contributed by atoms with van der Waals surface area (Å²) in [5.41, 5.74) is 2.29. The zero-order valence-corrected chi connectivity index (χ0v) is 14.5. The van der Waals surface area contributed by atoms with Gasteiger partial charge in [-0.1, -0.05) is 22.9 Å². The van der Waals surface area contributed by atoms with Crippen molar-refractivity contribution < 1.29 is 9.90 Å². The molecule has 5 heteroatoms. The van der Waals surface area contributed by atoms with Gasteiger partial charge in [-0.25, -0.2) is 0 Å². The Bertz CT molecular complexity index is 658. The standard InChI is InChI=1S/C15H13BrINO2/c1-2-9-7-11(16)4-6-13(9)18-15(20)10-3-5-12(17)14(19)8-10/h3-8,19H,2H2,1H3,(H,18,20). The van der Waals surface area contributed by atoms with Gasteiger partial charge >= 0.3 is 0 Å². The maximum absolute atomic E-state index is 12.2. The molecule has 0 aliphatic rings. The molecule has 0 heterocycles. The maximum atomic E-state index is 12.2. The quantitative estimate of drug-likeness (QED) is 0.679. The highest BCUT2D eigenvalue weighted by Crippen LogP contribution is 2.24. The number of amides is 1. The van der Waals surface area contributed by atoms with E-state index in [9.17, 15) is 9.90 Å². The molecule has 2 N–H and O–H groups in total. The molecule has 0 saturated carbocycles. The molecule has 0 radical (unpaired) electrons. The van der Waals surface area contributed by atoms with E-state index >= 15 is 0 Å². The van der Waals surface area contributed by atoms with E-state index in [0.29, 0.717) is 5.56 Å². The summed E-state index contributed by atoms with van der Waals surface area (Å²) in [5.74, 6) is -0.113. The number of aryl methyl sites for hydroxylation is 1. The summed E-state index contributed by atoms with van der Waals surface area (Å²) in [6, 6.07) is 10.6. The molecular weight excluding hydrogens is 433 g/mol. The lowest BCUT2D eigenvalue weighted by atomic mass is 10.1. The average molecular weight is 446 g/mol. The van der Waals surface area contributed by atoms with Crippen molar-refractivity contribution in [1.29, 1.82) is 0 Å². The third kappa shape index (κ3) is 3.52. The number of carbonyl (C=O) groups is 1. The highest BCUT2D eigenvalue weighted by atomic mass is 127. The number of carbonyl (C=O) groups excluding carboxylic acids is 1. The summed E-state index contributed by atoms with van der Waals surface area (Å²) in [6.07, 6.45) is 0.826. The smallest absolute Gasteiger partial charge is 0.255 e. The van der Waals surface area contributed by atoms with Crippen LogP contribution in [0.5, 0.6) is 5.75 Å². The number of nitrogens with one attached hydrogen (secondary N) is 1. The van der Waals surface area contributed by atoms with Crippen molar-refractivity contribution in [3.05, 3.63) is 55.6 Å². The van der Waals surface area contributed by atoms with Crippen molar-refractivity contribution >= 4 is 50.1 Å². The van der Waals surface area contributed by atoms with Gasteiger partial charge in [0.25, 0.3) is 5.91 Å². The second kappa shape index (κ2) is 6.58. The molecular formula is C15H13BrINO2. The lowest BCUT2D eigenvalue weighted by molar-refractivity contribution is 0.102. The van der Waals surface area contributed by atoms with E-state index in [1.54, 1.807) is 12.1 Å². The van der Waals surface area contributed by atoms with Gasteiger partial charge in [0.05, 0.1) is 3.57 Å². The summed E-state index contributed by atoms with van der Waals surface area (Å²) in [7, 11) is 0. The molecule has 0 fully saturated rings. The summed E-state index contributed by atoms with van der Waals surface area (Å²) < 4.78 is 1.70. The molecule has 20 heavy (non-hydrogen) atoms. The Labute approximate surface area is 139 Å². The molecule has 0 atom stereocenters. The molecule has 2 aromatic carbocycles. The molecule has 1 amide bonds. The van der Waals surface area contributed by atoms with E-state index in [4.69, 9.17) is 0 Å². The van der Waals surface area contributed by atoms with Gasteiger partial charge in [-0.2, -0.15) is 0 Å². The minimum Gasteiger partial charge on any atom is -0.507 e. The topological polar surface area (TPSA) is 49.3 Å². The monoisotopic (exact) mass is 445 g/mol. The van der Waals surface area contributed by atoms with Crippen molar-refractivity contribution in [3.63, 3.8) is 0 Å². The van der Waals surface area contributed by atoms with Crippen LogP contribution >= 0.6 is 38.5 Å². The number of anilines is 1. The number of aromatic hydroxyl groups is 1. The fourth-order valence-electron chi connectivity index (χ4n) is 1.83. The van der Waals surface area contributed by atoms with Gasteiger partial charge in [0, 0.05) is 15.7 Å². The third-order valence-corrected chi connectivity index (χ3v) is 4.31. The molecule has 0 bridgehead atoms. The fraction of sp³-hybridized carbons (Fsp3) is 0.133. The first-order valence-electron chi connectivity index (χ1n) is 6.09. The van der Waals surface area contributed by atoms with Gasteiger partial charge in [-0.05, 0) is 71.0 Å². The Morgan fingerprint density at radius 1 is 1.30 bits per heavy atom. The number of halogens is 2.